The largest absolute Gasteiger partial charge is 0.240 e. The quantitative estimate of drug-likeness (QED) is 0.659. The van der Waals surface area contributed by atoms with Crippen molar-refractivity contribution in [1.82, 2.24) is 4.39 Å². The van der Waals surface area contributed by atoms with Gasteiger partial charge >= 0.3 is 0 Å². The van der Waals surface area contributed by atoms with Gasteiger partial charge in [0.05, 0.1) is 6.26 Å². The number of sulfonamides is 1. The van der Waals surface area contributed by atoms with Crippen LogP contribution in [0.15, 0.2) is 0 Å². The van der Waals surface area contributed by atoms with Gasteiger partial charge in [0.15, 0.2) is 0 Å². The molecule has 5 heteroatoms. The molecule has 1 unspecified atom stereocenters. The Bertz CT molecular complexity index is 217. The molecule has 1 atom stereocenters. The highest BCUT2D eigenvalue weighted by Gasteiger charge is 2.24. The van der Waals surface area contributed by atoms with E-state index in [9.17, 15) is 8.42 Å². The highest BCUT2D eigenvalue weighted by Crippen LogP contribution is 2.24. The Hall–Kier alpha value is 0.127. The second-order valence-corrected chi connectivity index (χ2v) is 9.64. The summed E-state index contributed by atoms with van der Waals surface area (Å²) in [7, 11) is -4.35. The molecule has 0 aromatic heterocycles. The summed E-state index contributed by atoms with van der Waals surface area (Å²) in [5, 5.41) is 0.114. The Labute approximate surface area is 70.9 Å². The van der Waals surface area contributed by atoms with Gasteiger partial charge in [-0.2, -0.15) is 0 Å². The van der Waals surface area contributed by atoms with Crippen LogP contribution in [0.5, 0.6) is 0 Å². The molecule has 68 valence electrons. The maximum atomic E-state index is 10.8. The maximum Gasteiger partial charge on any atom is 0.202 e. The van der Waals surface area contributed by atoms with Gasteiger partial charge in [-0.1, -0.05) is 27.3 Å². The zero-order valence-electron chi connectivity index (χ0n) is 7.80. The normalized spacial score (nSPS) is 16.5. The van der Waals surface area contributed by atoms with Gasteiger partial charge in [0, 0.05) is 0 Å². The zero-order chi connectivity index (χ0) is 9.28. The smallest absolute Gasteiger partial charge is 0.202 e. The van der Waals surface area contributed by atoms with Crippen LogP contribution >= 0.6 is 0 Å². The van der Waals surface area contributed by atoms with Gasteiger partial charge in [-0.25, -0.2) is 12.8 Å². The van der Waals surface area contributed by atoms with E-state index >= 15 is 0 Å². The summed E-state index contributed by atoms with van der Waals surface area (Å²) in [6.45, 7) is 8.17. The predicted molar refractivity (Wildman–Crippen MR) is 50.7 cm³/mol. The lowest BCUT2D eigenvalue weighted by atomic mass is 10.3. The van der Waals surface area contributed by atoms with E-state index in [0.717, 1.165) is 0 Å². The summed E-state index contributed by atoms with van der Waals surface area (Å²) < 4.78 is 24.3. The van der Waals surface area contributed by atoms with Crippen LogP contribution in [0.4, 0.5) is 0 Å². The lowest BCUT2D eigenvalue weighted by molar-refractivity contribution is 0.596. The highest BCUT2D eigenvalue weighted by atomic mass is 32.2. The van der Waals surface area contributed by atoms with E-state index < -0.39 is 19.0 Å². The number of rotatable bonds is 2. The van der Waals surface area contributed by atoms with Gasteiger partial charge in [-0.15, -0.1) is 0 Å². The summed E-state index contributed by atoms with van der Waals surface area (Å²) in [6.07, 6.45) is 1.21. The molecule has 0 saturated heterocycles. The summed E-state index contributed by atoms with van der Waals surface area (Å²) in [5.74, 6) is 0. The van der Waals surface area contributed by atoms with Crippen LogP contribution in [-0.4, -0.2) is 23.6 Å². The lowest BCUT2D eigenvalue weighted by Gasteiger charge is -2.25. The van der Waals surface area contributed by atoms with Crippen molar-refractivity contribution in [3.63, 3.8) is 0 Å². The van der Waals surface area contributed by atoms with Crippen molar-refractivity contribution in [3.05, 3.63) is 0 Å². The molecule has 0 aromatic rings. The topological polar surface area (TPSA) is 46.2 Å². The second-order valence-electron chi connectivity index (χ2n) is 3.98. The first-order valence-corrected chi connectivity index (χ1v) is 7.80. The molecule has 11 heavy (non-hydrogen) atoms. The third-order valence-electron chi connectivity index (χ3n) is 1.69. The van der Waals surface area contributed by atoms with Crippen molar-refractivity contribution in [1.29, 1.82) is 0 Å². The third kappa shape index (κ3) is 5.40. The van der Waals surface area contributed by atoms with Crippen molar-refractivity contribution in [2.24, 2.45) is 0 Å². The van der Waals surface area contributed by atoms with Gasteiger partial charge in [0.1, 0.15) is 8.96 Å². The summed E-state index contributed by atoms with van der Waals surface area (Å²) in [5.41, 5.74) is 0. The van der Waals surface area contributed by atoms with E-state index in [0.29, 0.717) is 0 Å². The molecule has 0 aliphatic carbocycles. The zero-order valence-corrected chi connectivity index (χ0v) is 9.77. The van der Waals surface area contributed by atoms with Crippen molar-refractivity contribution in [3.8, 4) is 0 Å². The van der Waals surface area contributed by atoms with E-state index in [1.165, 1.54) is 6.26 Å². The summed E-state index contributed by atoms with van der Waals surface area (Å²) in [4.78, 5) is 0. The van der Waals surface area contributed by atoms with E-state index in [4.69, 9.17) is 0 Å². The van der Waals surface area contributed by atoms with Crippen molar-refractivity contribution >= 4 is 19.0 Å². The minimum absolute atomic E-state index is 0.114. The van der Waals surface area contributed by atoms with Crippen molar-refractivity contribution in [2.75, 3.05) is 6.26 Å². The Kier molecular flexibility index (Phi) is 3.28. The first-order valence-electron chi connectivity index (χ1n) is 3.60. The monoisotopic (exact) mass is 195 g/mol. The SMILES string of the molecule is C[SiH](NS(C)(=O)=O)C(C)(C)C. The van der Waals surface area contributed by atoms with E-state index in [1.54, 1.807) is 0 Å². The van der Waals surface area contributed by atoms with Crippen LogP contribution in [0.1, 0.15) is 20.8 Å². The Morgan fingerprint density at radius 2 is 1.64 bits per heavy atom. The lowest BCUT2D eigenvalue weighted by Crippen LogP contribution is -2.41. The molecule has 0 rings (SSSR count). The molecule has 0 saturated carbocycles. The first kappa shape index (κ1) is 11.1. The molecule has 0 aliphatic heterocycles. The average molecular weight is 195 g/mol. The average Bonchev–Trinajstić information content (AvgIpc) is 1.56. The second kappa shape index (κ2) is 3.24. The van der Waals surface area contributed by atoms with Crippen molar-refractivity contribution in [2.45, 2.75) is 32.4 Å². The maximum absolute atomic E-state index is 10.8. The molecule has 0 fully saturated rings. The van der Waals surface area contributed by atoms with Crippen LogP contribution in [0.25, 0.3) is 0 Å². The van der Waals surface area contributed by atoms with E-state index in [1.807, 2.05) is 6.55 Å². The molecule has 0 amide bonds. The number of hydrogen-bond donors (Lipinski definition) is 1. The Morgan fingerprint density at radius 1 is 1.27 bits per heavy atom. The minimum atomic E-state index is -2.99. The van der Waals surface area contributed by atoms with Gasteiger partial charge in [0.2, 0.25) is 10.0 Å². The molecular weight excluding hydrogens is 178 g/mol. The fourth-order valence-corrected chi connectivity index (χ4v) is 4.48. The fraction of sp³-hybridized carbons (Fsp3) is 1.00. The van der Waals surface area contributed by atoms with Crippen LogP contribution in [0, 0.1) is 0 Å². The minimum Gasteiger partial charge on any atom is -0.240 e. The Morgan fingerprint density at radius 3 is 1.73 bits per heavy atom. The molecule has 0 radical (unpaired) electrons. The first-order chi connectivity index (χ1) is 4.63. The molecule has 1 N–H and O–H groups in total. The molecule has 0 bridgehead atoms. The van der Waals surface area contributed by atoms with Gasteiger partial charge < -0.3 is 0 Å². The van der Waals surface area contributed by atoms with Gasteiger partial charge in [-0.05, 0) is 5.04 Å². The van der Waals surface area contributed by atoms with Crippen LogP contribution in [0.3, 0.4) is 0 Å². The summed E-state index contributed by atoms with van der Waals surface area (Å²) in [6, 6.07) is 0. The Balaban J connectivity index is 4.21. The highest BCUT2D eigenvalue weighted by molar-refractivity contribution is 7.90. The third-order valence-corrected chi connectivity index (χ3v) is 7.41. The van der Waals surface area contributed by atoms with Crippen LogP contribution in [0.2, 0.25) is 11.6 Å². The van der Waals surface area contributed by atoms with Crippen molar-refractivity contribution < 1.29 is 8.42 Å². The van der Waals surface area contributed by atoms with Crippen LogP contribution in [-0.2, 0) is 10.0 Å². The van der Waals surface area contributed by atoms with E-state index in [-0.39, 0.29) is 5.04 Å². The number of nitrogens with one attached hydrogen (secondary N) is 1. The number of hydrogen-bond acceptors (Lipinski definition) is 2. The molecule has 3 nitrogen and oxygen atoms in total. The molecular formula is C6H17NO2SSi. The molecule has 0 aromatic carbocycles. The van der Waals surface area contributed by atoms with Gasteiger partial charge in [0.25, 0.3) is 0 Å². The molecule has 0 spiro atoms. The molecule has 0 heterocycles. The van der Waals surface area contributed by atoms with Gasteiger partial charge in [-0.3, -0.25) is 0 Å². The molecule has 0 aliphatic rings. The fourth-order valence-electron chi connectivity index (χ4n) is 0.498. The predicted octanol–water partition coefficient (Wildman–Crippen LogP) is 0.689. The standard InChI is InChI=1S/C6H17NO2SSi/c1-6(2,3)11(5)7-10(4,8)9/h7,11H,1-5H3. The van der Waals surface area contributed by atoms with E-state index in [2.05, 4.69) is 25.2 Å². The van der Waals surface area contributed by atoms with Crippen LogP contribution < -0.4 is 4.39 Å². The summed E-state index contributed by atoms with van der Waals surface area (Å²) >= 11 is 0.